The van der Waals surface area contributed by atoms with Gasteiger partial charge in [0, 0.05) is 31.3 Å². The second-order valence-corrected chi connectivity index (χ2v) is 5.45. The largest absolute Gasteiger partial charge is 0.497 e. The van der Waals surface area contributed by atoms with Gasteiger partial charge in [-0.05, 0) is 32.3 Å². The minimum absolute atomic E-state index is 0.101. The summed E-state index contributed by atoms with van der Waals surface area (Å²) >= 11 is 0. The van der Waals surface area contributed by atoms with Gasteiger partial charge < -0.3 is 15.0 Å². The van der Waals surface area contributed by atoms with E-state index < -0.39 is 0 Å². The Labute approximate surface area is 125 Å². The number of ether oxygens (including phenoxy) is 1. The molecule has 21 heavy (non-hydrogen) atoms. The van der Waals surface area contributed by atoms with Crippen LogP contribution in [0.3, 0.4) is 0 Å². The van der Waals surface area contributed by atoms with Gasteiger partial charge in [0.1, 0.15) is 11.6 Å². The van der Waals surface area contributed by atoms with Crippen LogP contribution in [0, 0.1) is 5.82 Å². The van der Waals surface area contributed by atoms with Crippen LogP contribution < -0.4 is 10.1 Å². The lowest BCUT2D eigenvalue weighted by Gasteiger charge is -2.29. The predicted molar refractivity (Wildman–Crippen MR) is 79.7 cm³/mol. The average molecular weight is 294 g/mol. The summed E-state index contributed by atoms with van der Waals surface area (Å²) in [6, 6.07) is 4.45. The normalized spacial score (nSPS) is 16.6. The molecule has 0 saturated carbocycles. The molecular formula is C16H23FN2O2. The number of methoxy groups -OCH3 is 1. The third kappa shape index (κ3) is 4.17. The minimum Gasteiger partial charge on any atom is -0.497 e. The lowest BCUT2D eigenvalue weighted by Crippen LogP contribution is -2.46. The number of benzene rings is 1. The average Bonchev–Trinajstić information content (AvgIpc) is 2.53. The molecule has 1 aliphatic rings. The molecule has 1 heterocycles. The number of likely N-dealkylation sites (tertiary alicyclic amines) is 1. The van der Waals surface area contributed by atoms with E-state index in [1.807, 2.05) is 11.8 Å². The maximum atomic E-state index is 13.8. The Morgan fingerprint density at radius 2 is 2.10 bits per heavy atom. The second kappa shape index (κ2) is 7.41. The molecule has 116 valence electrons. The summed E-state index contributed by atoms with van der Waals surface area (Å²) in [6.45, 7) is 3.83. The summed E-state index contributed by atoms with van der Waals surface area (Å²) in [5.74, 6) is 0.275. The molecule has 0 radical (unpaired) electrons. The van der Waals surface area contributed by atoms with Crippen molar-refractivity contribution in [2.24, 2.45) is 0 Å². The van der Waals surface area contributed by atoms with Crippen molar-refractivity contribution in [3.05, 3.63) is 29.6 Å². The van der Waals surface area contributed by atoms with Crippen molar-refractivity contribution in [3.8, 4) is 5.75 Å². The Morgan fingerprint density at radius 1 is 1.38 bits per heavy atom. The second-order valence-electron chi connectivity index (χ2n) is 5.45. The Morgan fingerprint density at radius 3 is 2.71 bits per heavy atom. The smallest absolute Gasteiger partial charge is 0.239 e. The molecule has 0 spiro atoms. The highest BCUT2D eigenvalue weighted by molar-refractivity contribution is 5.81. The zero-order valence-corrected chi connectivity index (χ0v) is 12.7. The molecule has 0 bridgehead atoms. The zero-order valence-electron chi connectivity index (χ0n) is 12.7. The molecule has 0 aliphatic carbocycles. The molecule has 1 unspecified atom stereocenters. The van der Waals surface area contributed by atoms with E-state index in [4.69, 9.17) is 4.74 Å². The van der Waals surface area contributed by atoms with Crippen LogP contribution in [0.4, 0.5) is 4.39 Å². The van der Waals surface area contributed by atoms with Crippen LogP contribution in [-0.4, -0.2) is 37.0 Å². The Hall–Kier alpha value is -1.62. The zero-order chi connectivity index (χ0) is 15.2. The van der Waals surface area contributed by atoms with E-state index in [-0.39, 0.29) is 17.8 Å². The SMILES string of the molecule is COc1ccc(CNC(C)C(=O)N2CCCCC2)c(F)c1. The van der Waals surface area contributed by atoms with Crippen LogP contribution in [0.25, 0.3) is 0 Å². The maximum Gasteiger partial charge on any atom is 0.239 e. The van der Waals surface area contributed by atoms with E-state index in [0.717, 1.165) is 25.9 Å². The molecule has 0 aromatic heterocycles. The quantitative estimate of drug-likeness (QED) is 0.906. The number of hydrogen-bond donors (Lipinski definition) is 1. The van der Waals surface area contributed by atoms with Gasteiger partial charge in [-0.2, -0.15) is 0 Å². The lowest BCUT2D eigenvalue weighted by molar-refractivity contribution is -0.133. The highest BCUT2D eigenvalue weighted by Crippen LogP contribution is 2.16. The molecule has 1 atom stereocenters. The molecule has 1 N–H and O–H groups in total. The number of carbonyl (C=O) groups is 1. The van der Waals surface area contributed by atoms with Crippen LogP contribution >= 0.6 is 0 Å². The van der Waals surface area contributed by atoms with E-state index >= 15 is 0 Å². The molecule has 2 rings (SSSR count). The van der Waals surface area contributed by atoms with Crippen molar-refractivity contribution in [1.29, 1.82) is 0 Å². The van der Waals surface area contributed by atoms with E-state index in [1.54, 1.807) is 12.1 Å². The van der Waals surface area contributed by atoms with Crippen molar-refractivity contribution >= 4 is 5.91 Å². The summed E-state index contributed by atoms with van der Waals surface area (Å²) in [5, 5.41) is 3.10. The third-order valence-corrected chi connectivity index (χ3v) is 3.90. The summed E-state index contributed by atoms with van der Waals surface area (Å²) < 4.78 is 18.8. The van der Waals surface area contributed by atoms with Gasteiger partial charge in [0.2, 0.25) is 5.91 Å². The summed E-state index contributed by atoms with van der Waals surface area (Å²) in [4.78, 5) is 14.1. The van der Waals surface area contributed by atoms with E-state index in [9.17, 15) is 9.18 Å². The first-order valence-corrected chi connectivity index (χ1v) is 7.46. The Bertz CT molecular complexity index is 487. The van der Waals surface area contributed by atoms with Gasteiger partial charge >= 0.3 is 0 Å². The van der Waals surface area contributed by atoms with Gasteiger partial charge in [0.15, 0.2) is 0 Å². The summed E-state index contributed by atoms with van der Waals surface area (Å²) in [7, 11) is 1.51. The van der Waals surface area contributed by atoms with Gasteiger partial charge in [0.25, 0.3) is 0 Å². The van der Waals surface area contributed by atoms with Crippen molar-refractivity contribution in [2.75, 3.05) is 20.2 Å². The molecule has 1 aromatic rings. The number of rotatable bonds is 5. The number of nitrogens with zero attached hydrogens (tertiary/aromatic N) is 1. The molecule has 4 nitrogen and oxygen atoms in total. The monoisotopic (exact) mass is 294 g/mol. The van der Waals surface area contributed by atoms with Crippen molar-refractivity contribution < 1.29 is 13.9 Å². The number of nitrogens with one attached hydrogen (secondary N) is 1. The van der Waals surface area contributed by atoms with E-state index in [0.29, 0.717) is 17.9 Å². The molecule has 1 aliphatic heterocycles. The van der Waals surface area contributed by atoms with Gasteiger partial charge in [-0.25, -0.2) is 4.39 Å². The number of piperidine rings is 1. The van der Waals surface area contributed by atoms with E-state index in [1.165, 1.54) is 19.6 Å². The summed E-state index contributed by atoms with van der Waals surface area (Å²) in [5.41, 5.74) is 0.536. The number of halogens is 1. The molecule has 1 fully saturated rings. The van der Waals surface area contributed by atoms with Gasteiger partial charge in [-0.15, -0.1) is 0 Å². The molecular weight excluding hydrogens is 271 g/mol. The first kappa shape index (κ1) is 15.8. The molecule has 1 saturated heterocycles. The van der Waals surface area contributed by atoms with Gasteiger partial charge in [0.05, 0.1) is 13.2 Å². The minimum atomic E-state index is -0.320. The fourth-order valence-corrected chi connectivity index (χ4v) is 2.54. The standard InChI is InChI=1S/C16H23FN2O2/c1-12(16(20)19-8-4-3-5-9-19)18-11-13-6-7-14(21-2)10-15(13)17/h6-7,10,12,18H,3-5,8-9,11H2,1-2H3. The van der Waals surface area contributed by atoms with Crippen LogP contribution in [0.1, 0.15) is 31.7 Å². The third-order valence-electron chi connectivity index (χ3n) is 3.90. The van der Waals surface area contributed by atoms with Crippen LogP contribution in [-0.2, 0) is 11.3 Å². The lowest BCUT2D eigenvalue weighted by atomic mass is 10.1. The van der Waals surface area contributed by atoms with E-state index in [2.05, 4.69) is 5.32 Å². The fourth-order valence-electron chi connectivity index (χ4n) is 2.54. The molecule has 1 aromatic carbocycles. The van der Waals surface area contributed by atoms with Gasteiger partial charge in [-0.3, -0.25) is 4.79 Å². The van der Waals surface area contributed by atoms with Crippen molar-refractivity contribution in [3.63, 3.8) is 0 Å². The Kier molecular flexibility index (Phi) is 5.56. The first-order chi connectivity index (χ1) is 10.1. The molecule has 5 heteroatoms. The summed E-state index contributed by atoms with van der Waals surface area (Å²) in [6.07, 6.45) is 3.35. The van der Waals surface area contributed by atoms with Crippen LogP contribution in [0.5, 0.6) is 5.75 Å². The molecule has 1 amide bonds. The van der Waals surface area contributed by atoms with Gasteiger partial charge in [-0.1, -0.05) is 6.07 Å². The Balaban J connectivity index is 1.88. The highest BCUT2D eigenvalue weighted by Gasteiger charge is 2.21. The topological polar surface area (TPSA) is 41.6 Å². The number of carbonyl (C=O) groups excluding carboxylic acids is 1. The fraction of sp³-hybridized carbons (Fsp3) is 0.562. The van der Waals surface area contributed by atoms with Crippen molar-refractivity contribution in [1.82, 2.24) is 10.2 Å². The maximum absolute atomic E-state index is 13.8. The first-order valence-electron chi connectivity index (χ1n) is 7.46. The highest BCUT2D eigenvalue weighted by atomic mass is 19.1. The number of hydrogen-bond acceptors (Lipinski definition) is 3. The van der Waals surface area contributed by atoms with Crippen LogP contribution in [0.15, 0.2) is 18.2 Å². The van der Waals surface area contributed by atoms with Crippen molar-refractivity contribution in [2.45, 2.75) is 38.8 Å². The number of amides is 1. The van der Waals surface area contributed by atoms with Crippen LogP contribution in [0.2, 0.25) is 0 Å². The predicted octanol–water partition coefficient (Wildman–Crippen LogP) is 2.32.